The van der Waals surface area contributed by atoms with Gasteiger partial charge in [-0.3, -0.25) is 10.1 Å². The third-order valence-corrected chi connectivity index (χ3v) is 4.78. The predicted molar refractivity (Wildman–Crippen MR) is 77.4 cm³/mol. The van der Waals surface area contributed by atoms with Crippen molar-refractivity contribution in [2.75, 3.05) is 11.4 Å². The van der Waals surface area contributed by atoms with Crippen LogP contribution in [0.4, 0.5) is 11.4 Å². The van der Waals surface area contributed by atoms with E-state index in [0.717, 1.165) is 24.8 Å². The standard InChI is InChI=1S/C15H18N2O4/c1-9-5-6-12(13(7-9)17(20)21)16-8-10-3-2-4-11(10)14(16)15(18)19/h5-7,10-11,14H,2-4,8H2,1H3,(H,18,19). The summed E-state index contributed by atoms with van der Waals surface area (Å²) in [5.74, 6) is -0.422. The normalized spacial score (nSPS) is 27.7. The highest BCUT2D eigenvalue weighted by Gasteiger charge is 2.49. The monoisotopic (exact) mass is 290 g/mol. The first-order valence-corrected chi connectivity index (χ1v) is 7.23. The number of fused-ring (bicyclic) bond motifs is 1. The molecule has 3 atom stereocenters. The number of anilines is 1. The van der Waals surface area contributed by atoms with E-state index in [1.807, 2.05) is 0 Å². The van der Waals surface area contributed by atoms with Crippen molar-refractivity contribution in [3.05, 3.63) is 33.9 Å². The molecule has 0 aromatic heterocycles. The fraction of sp³-hybridized carbons (Fsp3) is 0.533. The molecule has 112 valence electrons. The minimum absolute atomic E-state index is 0.00113. The maximum absolute atomic E-state index is 11.7. The Hall–Kier alpha value is -2.11. The maximum Gasteiger partial charge on any atom is 0.326 e. The van der Waals surface area contributed by atoms with Gasteiger partial charge in [-0.25, -0.2) is 4.79 Å². The van der Waals surface area contributed by atoms with E-state index in [-0.39, 0.29) is 11.6 Å². The number of hydrogen-bond donors (Lipinski definition) is 1. The number of aliphatic carboxylic acids is 1. The molecule has 3 rings (SSSR count). The number of carboxylic acid groups (broad SMARTS) is 1. The Labute approximate surface area is 122 Å². The Bertz CT molecular complexity index is 601. The Balaban J connectivity index is 2.03. The van der Waals surface area contributed by atoms with Gasteiger partial charge in [0.1, 0.15) is 11.7 Å². The van der Waals surface area contributed by atoms with Gasteiger partial charge in [-0.1, -0.05) is 12.5 Å². The quantitative estimate of drug-likeness (QED) is 0.683. The molecule has 1 N–H and O–H groups in total. The van der Waals surface area contributed by atoms with Crippen LogP contribution in [-0.2, 0) is 4.79 Å². The number of nitro benzene ring substituents is 1. The van der Waals surface area contributed by atoms with Gasteiger partial charge in [0, 0.05) is 12.6 Å². The molecular formula is C15H18N2O4. The van der Waals surface area contributed by atoms with E-state index in [2.05, 4.69) is 0 Å². The minimum atomic E-state index is -0.876. The number of nitrogens with zero attached hydrogens (tertiary/aromatic N) is 2. The minimum Gasteiger partial charge on any atom is -0.480 e. The zero-order valence-electron chi connectivity index (χ0n) is 11.9. The van der Waals surface area contributed by atoms with Crippen LogP contribution in [0.1, 0.15) is 24.8 Å². The molecule has 2 aliphatic rings. The molecular weight excluding hydrogens is 272 g/mol. The zero-order valence-corrected chi connectivity index (χ0v) is 11.9. The molecule has 1 saturated carbocycles. The third-order valence-electron chi connectivity index (χ3n) is 4.78. The van der Waals surface area contributed by atoms with E-state index in [1.54, 1.807) is 24.0 Å². The number of carboxylic acids is 1. The van der Waals surface area contributed by atoms with Crippen LogP contribution < -0.4 is 4.90 Å². The number of hydrogen-bond acceptors (Lipinski definition) is 4. The van der Waals surface area contributed by atoms with E-state index >= 15 is 0 Å². The molecule has 1 aliphatic heterocycles. The third kappa shape index (κ3) is 2.24. The van der Waals surface area contributed by atoms with Crippen LogP contribution in [0.25, 0.3) is 0 Å². The summed E-state index contributed by atoms with van der Waals surface area (Å²) in [7, 11) is 0. The molecule has 1 aromatic carbocycles. The maximum atomic E-state index is 11.7. The van der Waals surface area contributed by atoms with Gasteiger partial charge in [-0.2, -0.15) is 0 Å². The molecule has 0 radical (unpaired) electrons. The second-order valence-corrected chi connectivity index (χ2v) is 6.04. The summed E-state index contributed by atoms with van der Waals surface area (Å²) in [6, 6.07) is 4.36. The van der Waals surface area contributed by atoms with Crippen LogP contribution in [0.2, 0.25) is 0 Å². The molecule has 0 spiro atoms. The van der Waals surface area contributed by atoms with Crippen LogP contribution in [0.15, 0.2) is 18.2 Å². The van der Waals surface area contributed by atoms with Crippen molar-refractivity contribution in [1.29, 1.82) is 0 Å². The number of aryl methyl sites for hydroxylation is 1. The number of carbonyl (C=O) groups is 1. The van der Waals surface area contributed by atoms with Crippen LogP contribution in [0, 0.1) is 28.9 Å². The highest BCUT2D eigenvalue weighted by Crippen LogP contribution is 2.45. The summed E-state index contributed by atoms with van der Waals surface area (Å²) in [4.78, 5) is 24.3. The average molecular weight is 290 g/mol. The number of rotatable bonds is 3. The molecule has 0 amide bonds. The van der Waals surface area contributed by atoms with Crippen molar-refractivity contribution < 1.29 is 14.8 Å². The van der Waals surface area contributed by atoms with Crippen LogP contribution in [0.3, 0.4) is 0 Å². The lowest BCUT2D eigenvalue weighted by molar-refractivity contribution is -0.384. The van der Waals surface area contributed by atoms with E-state index in [4.69, 9.17) is 0 Å². The van der Waals surface area contributed by atoms with E-state index in [0.29, 0.717) is 18.2 Å². The molecule has 1 aromatic rings. The number of benzene rings is 1. The van der Waals surface area contributed by atoms with Crippen molar-refractivity contribution in [3.8, 4) is 0 Å². The van der Waals surface area contributed by atoms with Gasteiger partial charge < -0.3 is 10.0 Å². The first kappa shape index (κ1) is 13.9. The summed E-state index contributed by atoms with van der Waals surface area (Å²) < 4.78 is 0. The van der Waals surface area contributed by atoms with Crippen LogP contribution in [-0.4, -0.2) is 28.6 Å². The van der Waals surface area contributed by atoms with Crippen molar-refractivity contribution in [1.82, 2.24) is 0 Å². The molecule has 0 bridgehead atoms. The van der Waals surface area contributed by atoms with Gasteiger partial charge in [0.15, 0.2) is 0 Å². The second-order valence-electron chi connectivity index (χ2n) is 6.04. The smallest absolute Gasteiger partial charge is 0.326 e. The van der Waals surface area contributed by atoms with E-state index in [9.17, 15) is 20.0 Å². The highest BCUT2D eigenvalue weighted by atomic mass is 16.6. The Kier molecular flexibility index (Phi) is 3.31. The molecule has 3 unspecified atom stereocenters. The summed E-state index contributed by atoms with van der Waals surface area (Å²) >= 11 is 0. The summed E-state index contributed by atoms with van der Waals surface area (Å²) in [5.41, 5.74) is 1.24. The molecule has 21 heavy (non-hydrogen) atoms. The molecule has 2 fully saturated rings. The number of nitro groups is 1. The predicted octanol–water partition coefficient (Wildman–Crippen LogP) is 2.59. The Morgan fingerprint density at radius 3 is 2.86 bits per heavy atom. The SMILES string of the molecule is Cc1ccc(N2CC3CCCC3C2C(=O)O)c([N+](=O)[O-])c1. The summed E-state index contributed by atoms with van der Waals surface area (Å²) in [5, 5.41) is 20.8. The van der Waals surface area contributed by atoms with Crippen LogP contribution >= 0.6 is 0 Å². The Morgan fingerprint density at radius 1 is 1.43 bits per heavy atom. The molecule has 1 aliphatic carbocycles. The fourth-order valence-corrected chi connectivity index (χ4v) is 3.89. The summed E-state index contributed by atoms with van der Waals surface area (Å²) in [6.45, 7) is 2.40. The van der Waals surface area contributed by atoms with Gasteiger partial charge in [0.25, 0.3) is 5.69 Å². The lowest BCUT2D eigenvalue weighted by Crippen LogP contribution is -2.40. The highest BCUT2D eigenvalue weighted by molar-refractivity contribution is 5.82. The van der Waals surface area contributed by atoms with Crippen molar-refractivity contribution in [2.45, 2.75) is 32.2 Å². The van der Waals surface area contributed by atoms with Crippen molar-refractivity contribution in [2.24, 2.45) is 11.8 Å². The molecule has 6 nitrogen and oxygen atoms in total. The van der Waals surface area contributed by atoms with Gasteiger partial charge >= 0.3 is 5.97 Å². The van der Waals surface area contributed by atoms with Crippen molar-refractivity contribution >= 4 is 17.3 Å². The topological polar surface area (TPSA) is 83.7 Å². The van der Waals surface area contributed by atoms with E-state index in [1.165, 1.54) is 6.07 Å². The Morgan fingerprint density at radius 2 is 2.19 bits per heavy atom. The van der Waals surface area contributed by atoms with Gasteiger partial charge in [0.05, 0.1) is 4.92 Å². The molecule has 1 saturated heterocycles. The summed E-state index contributed by atoms with van der Waals surface area (Å²) in [6.07, 6.45) is 2.98. The van der Waals surface area contributed by atoms with Crippen molar-refractivity contribution in [3.63, 3.8) is 0 Å². The fourth-order valence-electron chi connectivity index (χ4n) is 3.89. The second kappa shape index (κ2) is 5.02. The van der Waals surface area contributed by atoms with Gasteiger partial charge in [0.2, 0.25) is 0 Å². The van der Waals surface area contributed by atoms with E-state index < -0.39 is 16.9 Å². The largest absolute Gasteiger partial charge is 0.480 e. The van der Waals surface area contributed by atoms with Crippen LogP contribution in [0.5, 0.6) is 0 Å². The lowest BCUT2D eigenvalue weighted by Gasteiger charge is -2.26. The van der Waals surface area contributed by atoms with Gasteiger partial charge in [-0.15, -0.1) is 0 Å². The molecule has 1 heterocycles. The first-order valence-electron chi connectivity index (χ1n) is 7.23. The molecule has 6 heteroatoms. The average Bonchev–Trinajstić information content (AvgIpc) is 2.97. The first-order chi connectivity index (χ1) is 9.99. The zero-order chi connectivity index (χ0) is 15.1. The lowest BCUT2D eigenvalue weighted by atomic mass is 9.94. The van der Waals surface area contributed by atoms with Gasteiger partial charge in [-0.05, 0) is 43.2 Å².